The lowest BCUT2D eigenvalue weighted by atomic mass is 10.1. The molecule has 0 aliphatic heterocycles. The van der Waals surface area contributed by atoms with E-state index < -0.39 is 0 Å². The van der Waals surface area contributed by atoms with Gasteiger partial charge >= 0.3 is 0 Å². The Morgan fingerprint density at radius 2 is 1.86 bits per heavy atom. The van der Waals surface area contributed by atoms with Crippen molar-refractivity contribution in [2.45, 2.75) is 20.3 Å². The molecule has 0 spiro atoms. The molecule has 2 heteroatoms. The molecule has 1 heterocycles. The van der Waals surface area contributed by atoms with Crippen LogP contribution in [0.15, 0.2) is 30.5 Å². The lowest BCUT2D eigenvalue weighted by molar-refractivity contribution is 0.635. The second-order valence-electron chi connectivity index (χ2n) is 3.95. The molecule has 0 atom stereocenters. The van der Waals surface area contributed by atoms with Crippen LogP contribution in [-0.2, 0) is 6.42 Å². The molecule has 0 aliphatic rings. The molecule has 1 aromatic heterocycles. The highest BCUT2D eigenvalue weighted by Gasteiger charge is 2.01. The maximum atomic E-state index is 4.55. The van der Waals surface area contributed by atoms with Gasteiger partial charge < -0.3 is 0 Å². The van der Waals surface area contributed by atoms with Crippen LogP contribution in [0.1, 0.15) is 19.5 Å². The highest BCUT2D eigenvalue weighted by Crippen LogP contribution is 2.10. The monoisotopic (exact) mass is 186 g/mol. The number of rotatable bonds is 2. The van der Waals surface area contributed by atoms with Gasteiger partial charge in [-0.25, -0.2) is 4.98 Å². The van der Waals surface area contributed by atoms with Gasteiger partial charge in [0.1, 0.15) is 0 Å². The Balaban J connectivity index is 2.41. The van der Waals surface area contributed by atoms with Gasteiger partial charge in [-0.15, -0.1) is 0 Å². The molecule has 0 amide bonds. The highest BCUT2D eigenvalue weighted by molar-refractivity contribution is 5.73. The maximum absolute atomic E-state index is 4.55. The van der Waals surface area contributed by atoms with E-state index in [4.69, 9.17) is 0 Å². The largest absolute Gasteiger partial charge is 0.253 e. The van der Waals surface area contributed by atoms with Crippen LogP contribution in [0.4, 0.5) is 0 Å². The van der Waals surface area contributed by atoms with Gasteiger partial charge in [-0.1, -0.05) is 26.0 Å². The number of hydrogen-bond acceptors (Lipinski definition) is 2. The van der Waals surface area contributed by atoms with Crippen molar-refractivity contribution < 1.29 is 0 Å². The van der Waals surface area contributed by atoms with Crippen LogP contribution >= 0.6 is 0 Å². The number of aromatic nitrogens is 2. The van der Waals surface area contributed by atoms with Gasteiger partial charge in [0.15, 0.2) is 0 Å². The van der Waals surface area contributed by atoms with E-state index in [-0.39, 0.29) is 0 Å². The van der Waals surface area contributed by atoms with E-state index in [1.807, 2.05) is 30.5 Å². The van der Waals surface area contributed by atoms with Crippen LogP contribution in [0.3, 0.4) is 0 Å². The Morgan fingerprint density at radius 1 is 1.14 bits per heavy atom. The van der Waals surface area contributed by atoms with Crippen molar-refractivity contribution in [2.24, 2.45) is 5.92 Å². The standard InChI is InChI=1S/C12H14N2/c1-9(2)7-10-8-13-11-5-3-4-6-12(11)14-10/h3-6,8-9H,7H2,1-2H3. The Labute approximate surface area is 84.0 Å². The van der Waals surface area contributed by atoms with E-state index in [0.717, 1.165) is 23.1 Å². The summed E-state index contributed by atoms with van der Waals surface area (Å²) in [5, 5.41) is 0. The van der Waals surface area contributed by atoms with E-state index in [9.17, 15) is 0 Å². The van der Waals surface area contributed by atoms with Crippen molar-refractivity contribution in [2.75, 3.05) is 0 Å². The molecule has 0 N–H and O–H groups in total. The lowest BCUT2D eigenvalue weighted by Gasteiger charge is -2.04. The summed E-state index contributed by atoms with van der Waals surface area (Å²) in [5.41, 5.74) is 3.05. The predicted octanol–water partition coefficient (Wildman–Crippen LogP) is 2.83. The van der Waals surface area contributed by atoms with Crippen molar-refractivity contribution in [1.29, 1.82) is 0 Å². The van der Waals surface area contributed by atoms with Crippen molar-refractivity contribution in [3.05, 3.63) is 36.2 Å². The molecule has 0 radical (unpaired) electrons. The van der Waals surface area contributed by atoms with Gasteiger partial charge in [-0.05, 0) is 24.5 Å². The van der Waals surface area contributed by atoms with E-state index in [2.05, 4.69) is 23.8 Å². The third-order valence-electron chi connectivity index (χ3n) is 2.12. The molecule has 2 rings (SSSR count). The molecule has 0 saturated carbocycles. The summed E-state index contributed by atoms with van der Waals surface area (Å²) in [4.78, 5) is 8.92. The molecule has 2 nitrogen and oxygen atoms in total. The van der Waals surface area contributed by atoms with Gasteiger partial charge in [-0.2, -0.15) is 0 Å². The minimum atomic E-state index is 0.630. The molecule has 1 aromatic carbocycles. The first kappa shape index (κ1) is 9.13. The van der Waals surface area contributed by atoms with Crippen LogP contribution in [0.2, 0.25) is 0 Å². The Bertz CT molecular complexity index is 435. The third kappa shape index (κ3) is 1.90. The molecule has 0 bridgehead atoms. The average Bonchev–Trinajstić information content (AvgIpc) is 2.17. The van der Waals surface area contributed by atoms with E-state index in [1.165, 1.54) is 0 Å². The lowest BCUT2D eigenvalue weighted by Crippen LogP contribution is -1.98. The summed E-state index contributed by atoms with van der Waals surface area (Å²) >= 11 is 0. The fraction of sp³-hybridized carbons (Fsp3) is 0.333. The maximum Gasteiger partial charge on any atom is 0.0890 e. The number of fused-ring (bicyclic) bond motifs is 1. The zero-order valence-corrected chi connectivity index (χ0v) is 8.57. The van der Waals surface area contributed by atoms with Crippen LogP contribution in [0.5, 0.6) is 0 Å². The molecular weight excluding hydrogens is 172 g/mol. The smallest absolute Gasteiger partial charge is 0.0890 e. The first-order valence-electron chi connectivity index (χ1n) is 4.96. The van der Waals surface area contributed by atoms with Crippen LogP contribution in [-0.4, -0.2) is 9.97 Å². The number of nitrogens with zero attached hydrogens (tertiary/aromatic N) is 2. The van der Waals surface area contributed by atoms with Crippen molar-refractivity contribution in [1.82, 2.24) is 9.97 Å². The quantitative estimate of drug-likeness (QED) is 0.720. The fourth-order valence-corrected chi connectivity index (χ4v) is 1.51. The minimum absolute atomic E-state index is 0.630. The highest BCUT2D eigenvalue weighted by atomic mass is 14.8. The molecule has 0 fully saturated rings. The SMILES string of the molecule is CC(C)Cc1cnc2ccccc2n1. The zero-order chi connectivity index (χ0) is 9.97. The van der Waals surface area contributed by atoms with Gasteiger partial charge in [-0.3, -0.25) is 4.98 Å². The number of hydrogen-bond donors (Lipinski definition) is 0. The van der Waals surface area contributed by atoms with Gasteiger partial charge in [0.2, 0.25) is 0 Å². The summed E-state index contributed by atoms with van der Waals surface area (Å²) in [6, 6.07) is 7.98. The predicted molar refractivity (Wildman–Crippen MR) is 58.1 cm³/mol. The summed E-state index contributed by atoms with van der Waals surface area (Å²) in [6.07, 6.45) is 2.88. The van der Waals surface area contributed by atoms with Crippen LogP contribution < -0.4 is 0 Å². The first-order valence-corrected chi connectivity index (χ1v) is 4.96. The normalized spacial score (nSPS) is 11.1. The van der Waals surface area contributed by atoms with Crippen molar-refractivity contribution in [3.63, 3.8) is 0 Å². The second kappa shape index (κ2) is 3.74. The van der Waals surface area contributed by atoms with E-state index >= 15 is 0 Å². The van der Waals surface area contributed by atoms with Gasteiger partial charge in [0.05, 0.1) is 16.7 Å². The van der Waals surface area contributed by atoms with Crippen LogP contribution in [0, 0.1) is 5.92 Å². The Kier molecular flexibility index (Phi) is 2.44. The molecule has 0 aliphatic carbocycles. The molecule has 0 saturated heterocycles. The van der Waals surface area contributed by atoms with E-state index in [1.54, 1.807) is 0 Å². The van der Waals surface area contributed by atoms with E-state index in [0.29, 0.717) is 5.92 Å². The number of benzene rings is 1. The fourth-order valence-electron chi connectivity index (χ4n) is 1.51. The summed E-state index contributed by atoms with van der Waals surface area (Å²) in [6.45, 7) is 4.38. The van der Waals surface area contributed by atoms with Crippen molar-refractivity contribution in [3.8, 4) is 0 Å². The average molecular weight is 186 g/mol. The molecular formula is C12H14N2. The van der Waals surface area contributed by atoms with Gasteiger partial charge in [0.25, 0.3) is 0 Å². The summed E-state index contributed by atoms with van der Waals surface area (Å²) < 4.78 is 0. The van der Waals surface area contributed by atoms with Crippen molar-refractivity contribution >= 4 is 11.0 Å². The molecule has 0 unspecified atom stereocenters. The molecule has 72 valence electrons. The molecule has 2 aromatic rings. The first-order chi connectivity index (χ1) is 6.75. The zero-order valence-electron chi connectivity index (χ0n) is 8.57. The summed E-state index contributed by atoms with van der Waals surface area (Å²) in [7, 11) is 0. The third-order valence-corrected chi connectivity index (χ3v) is 2.12. The minimum Gasteiger partial charge on any atom is -0.253 e. The van der Waals surface area contributed by atoms with Gasteiger partial charge in [0, 0.05) is 6.20 Å². The van der Waals surface area contributed by atoms with Crippen LogP contribution in [0.25, 0.3) is 11.0 Å². The summed E-state index contributed by atoms with van der Waals surface area (Å²) in [5.74, 6) is 0.630. The number of para-hydroxylation sites is 2. The molecule has 14 heavy (non-hydrogen) atoms. The second-order valence-corrected chi connectivity index (χ2v) is 3.95. The Morgan fingerprint density at radius 3 is 2.57 bits per heavy atom. The Hall–Kier alpha value is -1.44. The topological polar surface area (TPSA) is 25.8 Å².